The lowest BCUT2D eigenvalue weighted by Gasteiger charge is -2.32. The molecule has 1 unspecified atom stereocenters. The topological polar surface area (TPSA) is 75.4 Å². The van der Waals surface area contributed by atoms with Crippen LogP contribution in [-0.4, -0.2) is 44.8 Å². The van der Waals surface area contributed by atoms with Crippen LogP contribution in [0, 0.1) is 5.92 Å². The molecule has 2 rings (SSSR count). The largest absolute Gasteiger partial charge is 0.481 e. The van der Waals surface area contributed by atoms with E-state index < -0.39 is 5.97 Å². The second-order valence-corrected chi connectivity index (χ2v) is 6.88. The third-order valence-corrected chi connectivity index (χ3v) is 4.77. The number of aryl methyl sites for hydroxylation is 1. The molecule has 1 aromatic heterocycles. The van der Waals surface area contributed by atoms with Gasteiger partial charge in [-0.25, -0.2) is 0 Å². The van der Waals surface area contributed by atoms with E-state index in [-0.39, 0.29) is 24.2 Å². The summed E-state index contributed by atoms with van der Waals surface area (Å²) < 4.78 is 1.54. The van der Waals surface area contributed by atoms with Crippen LogP contribution in [0.2, 0.25) is 5.15 Å². The van der Waals surface area contributed by atoms with Crippen LogP contribution in [0.15, 0.2) is 0 Å². The summed E-state index contributed by atoms with van der Waals surface area (Å²) in [5, 5.41) is 13.6. The Kier molecular flexibility index (Phi) is 5.68. The lowest BCUT2D eigenvalue weighted by molar-refractivity contribution is -0.137. The summed E-state index contributed by atoms with van der Waals surface area (Å²) >= 11 is 6.29. The number of hydrogen-bond donors (Lipinski definition) is 1. The highest BCUT2D eigenvalue weighted by atomic mass is 35.5. The Bertz CT molecular complexity index is 598. The number of carboxylic acid groups (broad SMARTS) is 1. The van der Waals surface area contributed by atoms with Crippen molar-refractivity contribution in [3.63, 3.8) is 0 Å². The molecule has 1 aromatic rings. The molecule has 0 saturated carbocycles. The van der Waals surface area contributed by atoms with Gasteiger partial charge in [-0.3, -0.25) is 14.3 Å². The molecule has 7 heteroatoms. The van der Waals surface area contributed by atoms with Crippen molar-refractivity contribution in [3.05, 3.63) is 16.4 Å². The second-order valence-electron chi connectivity index (χ2n) is 6.52. The number of carbonyl (C=O) groups is 2. The van der Waals surface area contributed by atoms with Crippen molar-refractivity contribution in [1.82, 2.24) is 14.7 Å². The van der Waals surface area contributed by atoms with E-state index in [1.807, 2.05) is 13.8 Å². The summed E-state index contributed by atoms with van der Waals surface area (Å²) in [5.74, 6) is -0.528. The van der Waals surface area contributed by atoms with Crippen molar-refractivity contribution >= 4 is 23.5 Å². The molecule has 0 spiro atoms. The highest BCUT2D eigenvalue weighted by molar-refractivity contribution is 6.33. The minimum Gasteiger partial charge on any atom is -0.481 e. The van der Waals surface area contributed by atoms with Crippen molar-refractivity contribution in [2.24, 2.45) is 13.0 Å². The fourth-order valence-electron chi connectivity index (χ4n) is 3.10. The van der Waals surface area contributed by atoms with Gasteiger partial charge in [-0.1, -0.05) is 25.4 Å². The van der Waals surface area contributed by atoms with E-state index in [0.717, 1.165) is 18.5 Å². The molecule has 1 N–H and O–H groups in total. The van der Waals surface area contributed by atoms with Gasteiger partial charge in [0, 0.05) is 26.6 Å². The Hall–Kier alpha value is -1.56. The Balaban J connectivity index is 2.15. The number of carboxylic acids is 1. The van der Waals surface area contributed by atoms with Crippen molar-refractivity contribution in [3.8, 4) is 0 Å². The molecule has 23 heavy (non-hydrogen) atoms. The minimum atomic E-state index is -0.786. The van der Waals surface area contributed by atoms with E-state index in [1.165, 1.54) is 4.68 Å². The van der Waals surface area contributed by atoms with Gasteiger partial charge in [-0.15, -0.1) is 0 Å². The van der Waals surface area contributed by atoms with Crippen LogP contribution >= 0.6 is 11.6 Å². The quantitative estimate of drug-likeness (QED) is 0.893. The molecule has 1 aliphatic rings. The number of piperidine rings is 1. The van der Waals surface area contributed by atoms with E-state index in [0.29, 0.717) is 30.2 Å². The smallest absolute Gasteiger partial charge is 0.303 e. The zero-order valence-electron chi connectivity index (χ0n) is 13.9. The average molecular weight is 342 g/mol. The third kappa shape index (κ3) is 4.05. The Labute approximate surface area is 141 Å². The van der Waals surface area contributed by atoms with Crippen LogP contribution in [0.3, 0.4) is 0 Å². The zero-order chi connectivity index (χ0) is 17.1. The maximum absolute atomic E-state index is 12.9. The van der Waals surface area contributed by atoms with Gasteiger partial charge < -0.3 is 10.0 Å². The zero-order valence-corrected chi connectivity index (χ0v) is 14.6. The predicted octanol–water partition coefficient (Wildman–Crippen LogP) is 2.91. The van der Waals surface area contributed by atoms with Crippen molar-refractivity contribution in [2.75, 3.05) is 13.1 Å². The predicted molar refractivity (Wildman–Crippen MR) is 87.8 cm³/mol. The number of likely N-dealkylation sites (tertiary alicyclic amines) is 1. The van der Waals surface area contributed by atoms with Crippen molar-refractivity contribution in [1.29, 1.82) is 0 Å². The normalized spacial score (nSPS) is 18.5. The highest BCUT2D eigenvalue weighted by Crippen LogP contribution is 2.29. The van der Waals surface area contributed by atoms with Crippen LogP contribution in [0.25, 0.3) is 0 Å². The summed E-state index contributed by atoms with van der Waals surface area (Å²) in [4.78, 5) is 25.4. The third-order valence-electron chi connectivity index (χ3n) is 4.34. The molecule has 1 atom stereocenters. The Morgan fingerprint density at radius 2 is 2.13 bits per heavy atom. The number of amides is 1. The van der Waals surface area contributed by atoms with Crippen LogP contribution in [-0.2, 0) is 11.8 Å². The van der Waals surface area contributed by atoms with Gasteiger partial charge in [0.1, 0.15) is 5.15 Å². The number of aromatic nitrogens is 2. The minimum absolute atomic E-state index is 0.0909. The van der Waals surface area contributed by atoms with E-state index >= 15 is 0 Å². The fraction of sp³-hybridized carbons (Fsp3) is 0.688. The van der Waals surface area contributed by atoms with Gasteiger partial charge in [0.05, 0.1) is 11.3 Å². The first kappa shape index (κ1) is 17.8. The first-order chi connectivity index (χ1) is 10.8. The maximum atomic E-state index is 12.9. The molecule has 0 aromatic carbocycles. The van der Waals surface area contributed by atoms with Crippen LogP contribution < -0.4 is 0 Å². The molecule has 1 amide bonds. The second kappa shape index (κ2) is 7.34. The van der Waals surface area contributed by atoms with E-state index in [1.54, 1.807) is 11.9 Å². The summed E-state index contributed by atoms with van der Waals surface area (Å²) in [6.07, 6.45) is 2.62. The van der Waals surface area contributed by atoms with Crippen LogP contribution in [0.1, 0.15) is 61.5 Å². The number of rotatable bonds is 5. The van der Waals surface area contributed by atoms with Gasteiger partial charge in [-0.05, 0) is 31.1 Å². The molecule has 0 radical (unpaired) electrons. The van der Waals surface area contributed by atoms with Crippen molar-refractivity contribution in [2.45, 2.75) is 45.4 Å². The van der Waals surface area contributed by atoms with E-state index in [9.17, 15) is 9.59 Å². The Morgan fingerprint density at radius 1 is 1.43 bits per heavy atom. The maximum Gasteiger partial charge on any atom is 0.303 e. The summed E-state index contributed by atoms with van der Waals surface area (Å²) in [7, 11) is 1.73. The summed E-state index contributed by atoms with van der Waals surface area (Å²) in [5.41, 5.74) is 1.21. The molecule has 0 bridgehead atoms. The lowest BCUT2D eigenvalue weighted by Crippen LogP contribution is -2.40. The number of carbonyl (C=O) groups excluding carboxylic acids is 1. The molecule has 1 aliphatic heterocycles. The molecule has 128 valence electrons. The van der Waals surface area contributed by atoms with Gasteiger partial charge in [-0.2, -0.15) is 5.10 Å². The highest BCUT2D eigenvalue weighted by Gasteiger charge is 2.30. The number of nitrogens with zero attached hydrogens (tertiary/aromatic N) is 3. The van der Waals surface area contributed by atoms with Crippen molar-refractivity contribution < 1.29 is 14.7 Å². The van der Waals surface area contributed by atoms with Crippen LogP contribution in [0.5, 0.6) is 0 Å². The van der Waals surface area contributed by atoms with Gasteiger partial charge in [0.25, 0.3) is 5.91 Å². The molecular formula is C16H24ClN3O3. The average Bonchev–Trinajstić information content (AvgIpc) is 2.81. The number of halogens is 1. The standard InChI is InChI=1S/C16H24ClN3O3/c1-10(2)14-13(15(17)19(3)18-14)16(23)20-8-4-5-11(9-20)6-7-12(21)22/h10-11H,4-9H2,1-3H3,(H,21,22). The van der Waals surface area contributed by atoms with Crippen LogP contribution in [0.4, 0.5) is 0 Å². The molecule has 0 aliphatic carbocycles. The summed E-state index contributed by atoms with van der Waals surface area (Å²) in [6, 6.07) is 0. The van der Waals surface area contributed by atoms with E-state index in [2.05, 4.69) is 5.10 Å². The fourth-order valence-corrected chi connectivity index (χ4v) is 3.31. The molecule has 1 fully saturated rings. The molecule has 1 saturated heterocycles. The van der Waals surface area contributed by atoms with Gasteiger partial charge >= 0.3 is 5.97 Å². The number of aliphatic carboxylic acids is 1. The molecule has 2 heterocycles. The first-order valence-corrected chi connectivity index (χ1v) is 8.42. The first-order valence-electron chi connectivity index (χ1n) is 8.04. The SMILES string of the molecule is CC(C)c1nn(C)c(Cl)c1C(=O)N1CCCC(CCC(=O)O)C1. The summed E-state index contributed by atoms with van der Waals surface area (Å²) in [6.45, 7) is 5.25. The Morgan fingerprint density at radius 3 is 2.74 bits per heavy atom. The van der Waals surface area contributed by atoms with Gasteiger partial charge in [0.2, 0.25) is 0 Å². The molecule has 6 nitrogen and oxygen atoms in total. The van der Waals surface area contributed by atoms with E-state index in [4.69, 9.17) is 16.7 Å². The molecular weight excluding hydrogens is 318 g/mol. The lowest BCUT2D eigenvalue weighted by atomic mass is 9.92. The monoisotopic (exact) mass is 341 g/mol. The number of hydrogen-bond acceptors (Lipinski definition) is 3. The van der Waals surface area contributed by atoms with Gasteiger partial charge in [0.15, 0.2) is 0 Å².